The van der Waals surface area contributed by atoms with Gasteiger partial charge in [-0.05, 0) is 13.0 Å². The molecule has 8 heteroatoms. The molecule has 1 aliphatic heterocycles. The number of amides is 1. The average Bonchev–Trinajstić information content (AvgIpc) is 2.38. The van der Waals surface area contributed by atoms with Crippen LogP contribution in [-0.4, -0.2) is 41.6 Å². The summed E-state index contributed by atoms with van der Waals surface area (Å²) in [6.07, 6.45) is 0.547. The number of anilines is 1. The van der Waals surface area contributed by atoms with Crippen LogP contribution in [0.1, 0.15) is 5.56 Å². The monoisotopic (exact) mass is 266 g/mol. The van der Waals surface area contributed by atoms with Gasteiger partial charge in [0.1, 0.15) is 12.0 Å². The predicted molar refractivity (Wildman–Crippen MR) is 66.8 cm³/mol. The van der Waals surface area contributed by atoms with Crippen LogP contribution in [-0.2, 0) is 9.53 Å². The Morgan fingerprint density at radius 1 is 1.68 bits per heavy atom. The summed E-state index contributed by atoms with van der Waals surface area (Å²) >= 11 is 0. The number of aryl methyl sites for hydroxylation is 1. The molecule has 1 fully saturated rings. The van der Waals surface area contributed by atoms with Crippen molar-refractivity contribution in [2.45, 2.75) is 13.0 Å². The first-order valence-corrected chi connectivity index (χ1v) is 5.76. The molecule has 1 unspecified atom stereocenters. The van der Waals surface area contributed by atoms with E-state index in [2.05, 4.69) is 4.98 Å². The summed E-state index contributed by atoms with van der Waals surface area (Å²) in [6.45, 7) is 2.88. The average molecular weight is 266 g/mol. The molecule has 102 valence electrons. The van der Waals surface area contributed by atoms with E-state index in [-0.39, 0.29) is 5.69 Å². The van der Waals surface area contributed by atoms with E-state index >= 15 is 0 Å². The Bertz CT molecular complexity index is 519. The highest BCUT2D eigenvalue weighted by Gasteiger charge is 2.26. The fraction of sp³-hybridized carbons (Fsp3) is 0.455. The molecule has 19 heavy (non-hydrogen) atoms. The molecule has 8 nitrogen and oxygen atoms in total. The van der Waals surface area contributed by atoms with Crippen molar-refractivity contribution in [2.75, 3.05) is 24.6 Å². The smallest absolute Gasteiger partial charge is 0.290 e. The maximum absolute atomic E-state index is 11.1. The third-order valence-electron chi connectivity index (χ3n) is 2.97. The van der Waals surface area contributed by atoms with E-state index in [1.54, 1.807) is 13.0 Å². The molecule has 0 radical (unpaired) electrons. The van der Waals surface area contributed by atoms with Crippen molar-refractivity contribution < 1.29 is 14.5 Å². The van der Waals surface area contributed by atoms with Gasteiger partial charge in [0, 0.05) is 12.1 Å². The Hall–Kier alpha value is -2.22. The molecule has 1 aromatic heterocycles. The zero-order valence-electron chi connectivity index (χ0n) is 10.4. The number of nitro groups is 1. The van der Waals surface area contributed by atoms with Gasteiger partial charge in [-0.15, -0.1) is 0 Å². The Morgan fingerprint density at radius 2 is 2.42 bits per heavy atom. The topological polar surface area (TPSA) is 112 Å². The zero-order valence-corrected chi connectivity index (χ0v) is 10.4. The van der Waals surface area contributed by atoms with Crippen molar-refractivity contribution in [1.29, 1.82) is 0 Å². The summed E-state index contributed by atoms with van der Waals surface area (Å²) in [7, 11) is 0. The summed E-state index contributed by atoms with van der Waals surface area (Å²) in [5, 5.41) is 10.7. The number of nitrogens with zero attached hydrogens (tertiary/aromatic N) is 3. The van der Waals surface area contributed by atoms with Gasteiger partial charge in [-0.3, -0.25) is 14.9 Å². The number of hydrogen-bond acceptors (Lipinski definition) is 6. The summed E-state index contributed by atoms with van der Waals surface area (Å²) in [4.78, 5) is 27.2. The fourth-order valence-electron chi connectivity index (χ4n) is 1.93. The molecule has 0 bridgehead atoms. The molecule has 0 saturated carbocycles. The van der Waals surface area contributed by atoms with Gasteiger partial charge < -0.3 is 15.4 Å². The second kappa shape index (κ2) is 5.19. The van der Waals surface area contributed by atoms with E-state index in [9.17, 15) is 14.9 Å². The number of ether oxygens (including phenoxy) is 1. The molecule has 1 aliphatic rings. The molecule has 2 rings (SSSR count). The third-order valence-corrected chi connectivity index (χ3v) is 2.97. The number of nitrogens with two attached hydrogens (primary N) is 1. The Morgan fingerprint density at radius 3 is 3.00 bits per heavy atom. The maximum Gasteiger partial charge on any atom is 0.290 e. The van der Waals surface area contributed by atoms with Crippen molar-refractivity contribution in [3.63, 3.8) is 0 Å². The Balaban J connectivity index is 2.20. The van der Waals surface area contributed by atoms with Crippen LogP contribution < -0.4 is 10.6 Å². The second-order valence-corrected chi connectivity index (χ2v) is 4.29. The molecular formula is C11H14N4O4. The Kier molecular flexibility index (Phi) is 3.61. The number of carbonyl (C=O) groups is 1. The van der Waals surface area contributed by atoms with Crippen LogP contribution in [0.3, 0.4) is 0 Å². The standard InChI is InChI=1S/C11H14N4O4/c1-7-4-10(13-5-8(7)15(17)18)14-2-3-19-9(6-14)11(12)16/h4-5,9H,2-3,6H2,1H3,(H2,12,16). The highest BCUT2D eigenvalue weighted by molar-refractivity contribution is 5.79. The molecular weight excluding hydrogens is 252 g/mol. The first kappa shape index (κ1) is 13.2. The summed E-state index contributed by atoms with van der Waals surface area (Å²) in [5.41, 5.74) is 5.70. The first-order chi connectivity index (χ1) is 8.99. The van der Waals surface area contributed by atoms with Gasteiger partial charge in [-0.25, -0.2) is 4.98 Å². The van der Waals surface area contributed by atoms with Gasteiger partial charge >= 0.3 is 0 Å². The molecule has 1 atom stereocenters. The summed E-state index contributed by atoms with van der Waals surface area (Å²) < 4.78 is 5.23. The number of morpholine rings is 1. The van der Waals surface area contributed by atoms with Gasteiger partial charge in [0.15, 0.2) is 6.10 Å². The minimum absolute atomic E-state index is 0.0246. The van der Waals surface area contributed by atoms with Gasteiger partial charge in [0.2, 0.25) is 5.91 Å². The highest BCUT2D eigenvalue weighted by Crippen LogP contribution is 2.22. The lowest BCUT2D eigenvalue weighted by Gasteiger charge is -2.32. The molecule has 1 aromatic rings. The van der Waals surface area contributed by atoms with E-state index in [0.717, 1.165) is 0 Å². The van der Waals surface area contributed by atoms with E-state index in [0.29, 0.717) is 31.1 Å². The lowest BCUT2D eigenvalue weighted by atomic mass is 10.2. The van der Waals surface area contributed by atoms with E-state index in [1.165, 1.54) is 6.20 Å². The number of rotatable bonds is 3. The highest BCUT2D eigenvalue weighted by atomic mass is 16.6. The van der Waals surface area contributed by atoms with Crippen LogP contribution in [0, 0.1) is 17.0 Å². The molecule has 2 N–H and O–H groups in total. The molecule has 1 saturated heterocycles. The summed E-state index contributed by atoms with van der Waals surface area (Å²) in [6, 6.07) is 1.63. The van der Waals surface area contributed by atoms with Crippen LogP contribution in [0.5, 0.6) is 0 Å². The quantitative estimate of drug-likeness (QED) is 0.608. The van der Waals surface area contributed by atoms with Crippen molar-refractivity contribution in [3.8, 4) is 0 Å². The fourth-order valence-corrected chi connectivity index (χ4v) is 1.93. The molecule has 0 aromatic carbocycles. The Labute approximate surface area is 109 Å². The largest absolute Gasteiger partial charge is 0.367 e. The predicted octanol–water partition coefficient (Wildman–Crippen LogP) is -0.0113. The lowest BCUT2D eigenvalue weighted by molar-refractivity contribution is -0.385. The van der Waals surface area contributed by atoms with Gasteiger partial charge in [-0.2, -0.15) is 0 Å². The second-order valence-electron chi connectivity index (χ2n) is 4.29. The molecule has 1 amide bonds. The number of aromatic nitrogens is 1. The van der Waals surface area contributed by atoms with Crippen LogP contribution in [0.15, 0.2) is 12.3 Å². The minimum Gasteiger partial charge on any atom is -0.367 e. The number of carbonyl (C=O) groups excluding carboxylic acids is 1. The van der Waals surface area contributed by atoms with Gasteiger partial charge in [0.25, 0.3) is 5.69 Å². The van der Waals surface area contributed by atoms with Crippen LogP contribution in [0.4, 0.5) is 11.5 Å². The van der Waals surface area contributed by atoms with Gasteiger partial charge in [0.05, 0.1) is 18.1 Å². The number of pyridine rings is 1. The normalized spacial score (nSPS) is 19.2. The van der Waals surface area contributed by atoms with Crippen molar-refractivity contribution >= 4 is 17.4 Å². The van der Waals surface area contributed by atoms with E-state index in [4.69, 9.17) is 10.5 Å². The van der Waals surface area contributed by atoms with E-state index < -0.39 is 16.9 Å². The first-order valence-electron chi connectivity index (χ1n) is 5.76. The lowest BCUT2D eigenvalue weighted by Crippen LogP contribution is -2.48. The van der Waals surface area contributed by atoms with Crippen molar-refractivity contribution in [1.82, 2.24) is 4.98 Å². The zero-order chi connectivity index (χ0) is 14.0. The van der Waals surface area contributed by atoms with Crippen molar-refractivity contribution in [2.24, 2.45) is 5.73 Å². The van der Waals surface area contributed by atoms with E-state index in [1.807, 2.05) is 4.90 Å². The SMILES string of the molecule is Cc1cc(N2CCOC(C(N)=O)C2)ncc1[N+](=O)[O-]. The van der Waals surface area contributed by atoms with Gasteiger partial charge in [-0.1, -0.05) is 0 Å². The van der Waals surface area contributed by atoms with Crippen molar-refractivity contribution in [3.05, 3.63) is 27.9 Å². The number of primary amides is 1. The van der Waals surface area contributed by atoms with Crippen LogP contribution >= 0.6 is 0 Å². The maximum atomic E-state index is 11.1. The minimum atomic E-state index is -0.675. The molecule has 0 aliphatic carbocycles. The molecule has 2 heterocycles. The third kappa shape index (κ3) is 2.79. The van der Waals surface area contributed by atoms with Crippen LogP contribution in [0.2, 0.25) is 0 Å². The molecule has 0 spiro atoms. The van der Waals surface area contributed by atoms with Crippen LogP contribution in [0.25, 0.3) is 0 Å². The number of hydrogen-bond donors (Lipinski definition) is 1. The summed E-state index contributed by atoms with van der Waals surface area (Å²) in [5.74, 6) is 0.0565.